The predicted molar refractivity (Wildman–Crippen MR) is 93.2 cm³/mol. The summed E-state index contributed by atoms with van der Waals surface area (Å²) in [5.41, 5.74) is 8.01. The van der Waals surface area contributed by atoms with Crippen LogP contribution >= 0.6 is 0 Å². The number of hydrogen-bond donors (Lipinski definition) is 1. The van der Waals surface area contributed by atoms with E-state index in [9.17, 15) is 5.11 Å². The van der Waals surface area contributed by atoms with E-state index in [-0.39, 0.29) is 0 Å². The van der Waals surface area contributed by atoms with Crippen LogP contribution in [-0.4, -0.2) is 5.11 Å². The van der Waals surface area contributed by atoms with Gasteiger partial charge in [0.15, 0.2) is 0 Å². The number of rotatable bonds is 2. The molecule has 0 unspecified atom stereocenters. The van der Waals surface area contributed by atoms with Crippen LogP contribution in [0.15, 0.2) is 60.7 Å². The third-order valence-corrected chi connectivity index (χ3v) is 3.90. The van der Waals surface area contributed by atoms with Crippen LogP contribution in [0.1, 0.15) is 16.7 Å². The fourth-order valence-corrected chi connectivity index (χ4v) is 2.96. The molecule has 3 aromatic carbocycles. The van der Waals surface area contributed by atoms with Crippen molar-refractivity contribution in [2.45, 2.75) is 20.8 Å². The maximum Gasteiger partial charge on any atom is 0.123 e. The van der Waals surface area contributed by atoms with E-state index in [0.717, 1.165) is 16.7 Å². The number of phenolic OH excluding ortho intramolecular Hbond substituents is 1. The van der Waals surface area contributed by atoms with Gasteiger partial charge in [-0.25, -0.2) is 0 Å². The summed E-state index contributed by atoms with van der Waals surface area (Å²) in [6.45, 7) is 6.33. The zero-order chi connectivity index (χ0) is 15.7. The number of benzene rings is 3. The largest absolute Gasteiger partial charge is 0.507 e. The van der Waals surface area contributed by atoms with E-state index in [0.29, 0.717) is 5.75 Å². The van der Waals surface area contributed by atoms with E-state index >= 15 is 0 Å². The molecule has 0 aliphatic heterocycles. The Labute approximate surface area is 131 Å². The molecule has 0 atom stereocenters. The van der Waals surface area contributed by atoms with Crippen molar-refractivity contribution in [1.29, 1.82) is 0 Å². The highest BCUT2D eigenvalue weighted by Crippen LogP contribution is 2.37. The van der Waals surface area contributed by atoms with Crippen LogP contribution in [0.3, 0.4) is 0 Å². The van der Waals surface area contributed by atoms with Crippen molar-refractivity contribution in [3.05, 3.63) is 77.4 Å². The summed E-state index contributed by atoms with van der Waals surface area (Å²) in [7, 11) is 0. The predicted octanol–water partition coefficient (Wildman–Crippen LogP) is 5.65. The van der Waals surface area contributed by atoms with E-state index < -0.39 is 0 Å². The second-order valence-electron chi connectivity index (χ2n) is 5.94. The van der Waals surface area contributed by atoms with Gasteiger partial charge < -0.3 is 5.11 Å². The fraction of sp³-hybridized carbons (Fsp3) is 0.143. The van der Waals surface area contributed by atoms with Crippen LogP contribution in [0.4, 0.5) is 0 Å². The second-order valence-corrected chi connectivity index (χ2v) is 5.94. The van der Waals surface area contributed by atoms with Crippen molar-refractivity contribution in [3.63, 3.8) is 0 Å². The summed E-state index contributed by atoms with van der Waals surface area (Å²) in [4.78, 5) is 0. The Bertz CT molecular complexity index is 811. The van der Waals surface area contributed by atoms with Crippen LogP contribution in [0.25, 0.3) is 22.3 Å². The quantitative estimate of drug-likeness (QED) is 0.646. The molecule has 0 amide bonds. The van der Waals surface area contributed by atoms with Crippen molar-refractivity contribution in [2.24, 2.45) is 0 Å². The van der Waals surface area contributed by atoms with Crippen molar-refractivity contribution in [3.8, 4) is 28.0 Å². The lowest BCUT2D eigenvalue weighted by atomic mass is 9.91. The minimum Gasteiger partial charge on any atom is -0.507 e. The molecule has 0 aromatic heterocycles. The molecular formula is C21H20O. The molecule has 1 heteroatoms. The van der Waals surface area contributed by atoms with E-state index in [2.05, 4.69) is 57.2 Å². The molecule has 110 valence electrons. The number of hydrogen-bond acceptors (Lipinski definition) is 1. The van der Waals surface area contributed by atoms with E-state index in [4.69, 9.17) is 0 Å². The highest BCUT2D eigenvalue weighted by Gasteiger charge is 2.11. The Morgan fingerprint density at radius 1 is 0.591 bits per heavy atom. The normalized spacial score (nSPS) is 10.7. The van der Waals surface area contributed by atoms with Gasteiger partial charge in [0.25, 0.3) is 0 Å². The Kier molecular flexibility index (Phi) is 3.72. The van der Waals surface area contributed by atoms with Crippen molar-refractivity contribution in [1.82, 2.24) is 0 Å². The highest BCUT2D eigenvalue weighted by atomic mass is 16.3. The number of aryl methyl sites for hydroxylation is 3. The second kappa shape index (κ2) is 5.69. The molecule has 1 N–H and O–H groups in total. The average Bonchev–Trinajstić information content (AvgIpc) is 2.47. The smallest absolute Gasteiger partial charge is 0.123 e. The Balaban J connectivity index is 2.27. The number of phenols is 1. The summed E-state index contributed by atoms with van der Waals surface area (Å²) in [5, 5.41) is 10.2. The Hall–Kier alpha value is -2.54. The maximum atomic E-state index is 10.2. The van der Waals surface area contributed by atoms with Crippen molar-refractivity contribution in [2.75, 3.05) is 0 Å². The van der Waals surface area contributed by atoms with Crippen LogP contribution in [-0.2, 0) is 0 Å². The highest BCUT2D eigenvalue weighted by molar-refractivity contribution is 5.86. The van der Waals surface area contributed by atoms with Gasteiger partial charge in [0.05, 0.1) is 0 Å². The lowest BCUT2D eigenvalue weighted by Crippen LogP contribution is -1.89. The van der Waals surface area contributed by atoms with Crippen molar-refractivity contribution >= 4 is 0 Å². The summed E-state index contributed by atoms with van der Waals surface area (Å²) >= 11 is 0. The molecule has 0 saturated heterocycles. The Morgan fingerprint density at radius 2 is 1.27 bits per heavy atom. The van der Waals surface area contributed by atoms with Gasteiger partial charge in [-0.3, -0.25) is 0 Å². The molecule has 0 saturated carbocycles. The summed E-state index contributed by atoms with van der Waals surface area (Å²) in [6, 6.07) is 20.5. The summed E-state index contributed by atoms with van der Waals surface area (Å²) < 4.78 is 0. The molecule has 3 aromatic rings. The van der Waals surface area contributed by atoms with E-state index in [1.807, 2.05) is 18.2 Å². The third-order valence-electron chi connectivity index (χ3n) is 3.90. The molecule has 0 heterocycles. The molecular weight excluding hydrogens is 268 g/mol. The lowest BCUT2D eigenvalue weighted by Gasteiger charge is -2.14. The van der Waals surface area contributed by atoms with Gasteiger partial charge in [-0.15, -0.1) is 0 Å². The van der Waals surface area contributed by atoms with Crippen LogP contribution in [0, 0.1) is 20.8 Å². The molecule has 0 bridgehead atoms. The minimum atomic E-state index is 0.317. The molecule has 0 aliphatic carbocycles. The first-order valence-electron chi connectivity index (χ1n) is 7.52. The summed E-state index contributed by atoms with van der Waals surface area (Å²) in [6.07, 6.45) is 0. The van der Waals surface area contributed by atoms with Crippen LogP contribution in [0.2, 0.25) is 0 Å². The molecule has 22 heavy (non-hydrogen) atoms. The monoisotopic (exact) mass is 288 g/mol. The zero-order valence-electron chi connectivity index (χ0n) is 13.2. The molecule has 0 fully saturated rings. The maximum absolute atomic E-state index is 10.2. The van der Waals surface area contributed by atoms with Gasteiger partial charge in [-0.2, -0.15) is 0 Å². The number of aromatic hydroxyl groups is 1. The van der Waals surface area contributed by atoms with E-state index in [1.165, 1.54) is 22.3 Å². The molecule has 1 nitrogen and oxygen atoms in total. The SMILES string of the molecule is Cc1cc(C)cc(-c2cc(C)ccc2-c2ccccc2O)c1. The molecule has 0 radical (unpaired) electrons. The van der Waals surface area contributed by atoms with Gasteiger partial charge >= 0.3 is 0 Å². The molecule has 0 spiro atoms. The summed E-state index contributed by atoms with van der Waals surface area (Å²) in [5.74, 6) is 0.317. The molecule has 0 aliphatic rings. The first-order valence-corrected chi connectivity index (χ1v) is 7.52. The topological polar surface area (TPSA) is 20.2 Å². The lowest BCUT2D eigenvalue weighted by molar-refractivity contribution is 0.477. The van der Waals surface area contributed by atoms with E-state index in [1.54, 1.807) is 6.07 Å². The zero-order valence-corrected chi connectivity index (χ0v) is 13.2. The van der Waals surface area contributed by atoms with Gasteiger partial charge in [-0.1, -0.05) is 71.3 Å². The molecule has 3 rings (SSSR count). The standard InChI is InChI=1S/C21H20O/c1-14-8-9-18(19-6-4-5-7-21(19)22)20(13-14)17-11-15(2)10-16(3)12-17/h4-13,22H,1-3H3. The Morgan fingerprint density at radius 3 is 1.95 bits per heavy atom. The number of para-hydroxylation sites is 1. The van der Waals surface area contributed by atoms with Crippen LogP contribution < -0.4 is 0 Å². The minimum absolute atomic E-state index is 0.317. The van der Waals surface area contributed by atoms with Gasteiger partial charge in [-0.05, 0) is 43.5 Å². The first-order chi connectivity index (χ1) is 10.5. The van der Waals surface area contributed by atoms with Gasteiger partial charge in [0, 0.05) is 5.56 Å². The first kappa shape index (κ1) is 14.4. The van der Waals surface area contributed by atoms with Gasteiger partial charge in [0.2, 0.25) is 0 Å². The fourth-order valence-electron chi connectivity index (χ4n) is 2.96. The average molecular weight is 288 g/mol. The van der Waals surface area contributed by atoms with Crippen molar-refractivity contribution < 1.29 is 5.11 Å². The third kappa shape index (κ3) is 2.75. The van der Waals surface area contributed by atoms with Gasteiger partial charge in [0.1, 0.15) is 5.75 Å². The van der Waals surface area contributed by atoms with Crippen LogP contribution in [0.5, 0.6) is 5.75 Å².